The maximum atomic E-state index is 11.6. The van der Waals surface area contributed by atoms with Crippen LogP contribution in [0.15, 0.2) is 66.7 Å². The van der Waals surface area contributed by atoms with E-state index in [0.29, 0.717) is 5.56 Å². The van der Waals surface area contributed by atoms with Crippen molar-refractivity contribution in [3.05, 3.63) is 72.3 Å². The molecule has 2 heteroatoms. The van der Waals surface area contributed by atoms with Crippen molar-refractivity contribution < 1.29 is 4.79 Å². The number of fused-ring (bicyclic) bond motifs is 1. The van der Waals surface area contributed by atoms with Crippen LogP contribution in [0.4, 0.5) is 0 Å². The van der Waals surface area contributed by atoms with Gasteiger partial charge in [0.1, 0.15) is 0 Å². The summed E-state index contributed by atoms with van der Waals surface area (Å²) in [6, 6.07) is 21.9. The van der Waals surface area contributed by atoms with Crippen LogP contribution in [-0.2, 0) is 0 Å². The van der Waals surface area contributed by atoms with Gasteiger partial charge in [0.15, 0.2) is 0 Å². The summed E-state index contributed by atoms with van der Waals surface area (Å²) in [6.45, 7) is 0. The number of carbonyl (C=O) groups excluding carboxylic acids is 1. The Morgan fingerprint density at radius 2 is 1.37 bits per heavy atom. The molecule has 0 unspecified atom stereocenters. The van der Waals surface area contributed by atoms with E-state index in [2.05, 4.69) is 30.8 Å². The van der Waals surface area contributed by atoms with Crippen molar-refractivity contribution in [2.45, 2.75) is 0 Å². The molecule has 3 rings (SSSR count). The molecule has 0 heterocycles. The van der Waals surface area contributed by atoms with Crippen LogP contribution in [0.1, 0.15) is 10.4 Å². The van der Waals surface area contributed by atoms with Crippen molar-refractivity contribution in [1.82, 2.24) is 0 Å². The molecule has 0 aliphatic heterocycles. The zero-order chi connectivity index (χ0) is 13.2. The van der Waals surface area contributed by atoms with Crippen LogP contribution in [0.5, 0.6) is 0 Å². The van der Waals surface area contributed by atoms with Gasteiger partial charge in [0.05, 0.1) is 0 Å². The van der Waals surface area contributed by atoms with E-state index >= 15 is 0 Å². The first-order valence-corrected chi connectivity index (χ1v) is 6.52. The van der Waals surface area contributed by atoms with Crippen LogP contribution < -0.4 is 0 Å². The molecule has 0 saturated carbocycles. The molecule has 3 aromatic carbocycles. The monoisotopic (exact) mass is 264 g/mol. The Balaban J connectivity index is 2.34. The summed E-state index contributed by atoms with van der Waals surface area (Å²) in [4.78, 5) is 11.6. The minimum Gasteiger partial charge on any atom is -0.282 e. The second-order valence-corrected chi connectivity index (χ2v) is 4.78. The summed E-state index contributed by atoms with van der Waals surface area (Å²) in [5.74, 6) is 0. The smallest absolute Gasteiger partial charge is 0.216 e. The Bertz CT molecular complexity index is 757. The second kappa shape index (κ2) is 4.90. The van der Waals surface area contributed by atoms with Crippen LogP contribution in [0.3, 0.4) is 0 Å². The first-order chi connectivity index (χ1) is 9.27. The van der Waals surface area contributed by atoms with E-state index in [-0.39, 0.29) is 5.12 Å². The van der Waals surface area contributed by atoms with E-state index in [1.165, 1.54) is 5.39 Å². The minimum absolute atomic E-state index is 0.205. The van der Waals surface area contributed by atoms with E-state index in [0.717, 1.165) is 16.5 Å². The zero-order valence-electron chi connectivity index (χ0n) is 10.2. The van der Waals surface area contributed by atoms with Crippen LogP contribution >= 0.6 is 12.6 Å². The molecule has 19 heavy (non-hydrogen) atoms. The lowest BCUT2D eigenvalue weighted by Crippen LogP contribution is -1.93. The van der Waals surface area contributed by atoms with Crippen LogP contribution in [0, 0.1) is 0 Å². The number of rotatable bonds is 2. The lowest BCUT2D eigenvalue weighted by atomic mass is 9.95. The molecule has 0 spiro atoms. The fourth-order valence-electron chi connectivity index (χ4n) is 2.36. The lowest BCUT2D eigenvalue weighted by molar-refractivity contribution is 0.109. The molecule has 0 aliphatic rings. The van der Waals surface area contributed by atoms with E-state index in [9.17, 15) is 4.79 Å². The third-order valence-electron chi connectivity index (χ3n) is 3.24. The summed E-state index contributed by atoms with van der Waals surface area (Å²) in [7, 11) is 0. The number of hydrogen-bond donors (Lipinski definition) is 1. The molecule has 3 aromatic rings. The Morgan fingerprint density at radius 3 is 2.21 bits per heavy atom. The molecule has 0 radical (unpaired) electrons. The summed E-state index contributed by atoms with van der Waals surface area (Å²) in [5.41, 5.74) is 2.64. The Labute approximate surface area is 117 Å². The highest BCUT2D eigenvalue weighted by molar-refractivity contribution is 7.97. The van der Waals surface area contributed by atoms with Gasteiger partial charge in [0, 0.05) is 5.56 Å². The highest BCUT2D eigenvalue weighted by atomic mass is 32.1. The summed E-state index contributed by atoms with van der Waals surface area (Å²) >= 11 is 3.96. The van der Waals surface area contributed by atoms with Crippen molar-refractivity contribution >= 4 is 28.5 Å². The fraction of sp³-hybridized carbons (Fsp3) is 0. The molecule has 0 fully saturated rings. The number of benzene rings is 3. The first-order valence-electron chi connectivity index (χ1n) is 6.08. The third kappa shape index (κ3) is 2.15. The van der Waals surface area contributed by atoms with E-state index in [4.69, 9.17) is 0 Å². The molecule has 0 bridgehead atoms. The summed E-state index contributed by atoms with van der Waals surface area (Å²) in [5, 5.41) is 2.11. The van der Waals surface area contributed by atoms with Crippen LogP contribution in [0.2, 0.25) is 0 Å². The molecule has 0 amide bonds. The van der Waals surface area contributed by atoms with Gasteiger partial charge in [-0.2, -0.15) is 0 Å². The normalized spacial score (nSPS) is 10.6. The SMILES string of the molecule is O=C(S)c1ccccc1-c1cccc2ccccc12. The van der Waals surface area contributed by atoms with Crippen molar-refractivity contribution in [2.75, 3.05) is 0 Å². The highest BCUT2D eigenvalue weighted by Crippen LogP contribution is 2.31. The molecule has 0 atom stereocenters. The van der Waals surface area contributed by atoms with Gasteiger partial charge < -0.3 is 0 Å². The topological polar surface area (TPSA) is 17.1 Å². The van der Waals surface area contributed by atoms with Crippen molar-refractivity contribution in [2.24, 2.45) is 0 Å². The first kappa shape index (κ1) is 12.0. The Morgan fingerprint density at radius 1 is 0.737 bits per heavy atom. The largest absolute Gasteiger partial charge is 0.282 e. The third-order valence-corrected chi connectivity index (χ3v) is 3.48. The molecular formula is C17H12OS. The fourth-order valence-corrected chi connectivity index (χ4v) is 2.56. The van der Waals surface area contributed by atoms with Gasteiger partial charge in [-0.15, -0.1) is 12.6 Å². The summed E-state index contributed by atoms with van der Waals surface area (Å²) in [6.07, 6.45) is 0. The quantitative estimate of drug-likeness (QED) is 0.671. The maximum absolute atomic E-state index is 11.6. The van der Waals surface area contributed by atoms with Crippen molar-refractivity contribution in [3.8, 4) is 11.1 Å². The molecule has 92 valence electrons. The van der Waals surface area contributed by atoms with Gasteiger partial charge in [-0.05, 0) is 28.0 Å². The minimum atomic E-state index is -0.205. The zero-order valence-corrected chi connectivity index (χ0v) is 11.1. The average molecular weight is 264 g/mol. The van der Waals surface area contributed by atoms with Gasteiger partial charge in [-0.25, -0.2) is 0 Å². The predicted octanol–water partition coefficient (Wildman–Crippen LogP) is 4.58. The average Bonchev–Trinajstić information content (AvgIpc) is 2.46. The Kier molecular flexibility index (Phi) is 3.10. The van der Waals surface area contributed by atoms with E-state index in [1.54, 1.807) is 0 Å². The van der Waals surface area contributed by atoms with Gasteiger partial charge in [0.2, 0.25) is 5.12 Å². The number of carbonyl (C=O) groups is 1. The van der Waals surface area contributed by atoms with Gasteiger partial charge in [0.25, 0.3) is 0 Å². The lowest BCUT2D eigenvalue weighted by Gasteiger charge is -2.10. The van der Waals surface area contributed by atoms with Gasteiger partial charge >= 0.3 is 0 Å². The highest BCUT2D eigenvalue weighted by Gasteiger charge is 2.11. The maximum Gasteiger partial charge on any atom is 0.216 e. The standard InChI is InChI=1S/C17H12OS/c18-17(19)16-10-4-3-9-15(16)14-11-5-7-12-6-1-2-8-13(12)14/h1-11H,(H,18,19). The van der Waals surface area contributed by atoms with Crippen molar-refractivity contribution in [3.63, 3.8) is 0 Å². The predicted molar refractivity (Wildman–Crippen MR) is 82.7 cm³/mol. The van der Waals surface area contributed by atoms with Crippen LogP contribution in [-0.4, -0.2) is 5.12 Å². The summed E-state index contributed by atoms with van der Waals surface area (Å²) < 4.78 is 0. The Hall–Kier alpha value is -2.06. The molecule has 0 saturated heterocycles. The molecule has 0 N–H and O–H groups in total. The van der Waals surface area contributed by atoms with Crippen LogP contribution in [0.25, 0.3) is 21.9 Å². The molecule has 0 aromatic heterocycles. The van der Waals surface area contributed by atoms with Gasteiger partial charge in [-0.1, -0.05) is 60.7 Å². The number of hydrogen-bond acceptors (Lipinski definition) is 1. The van der Waals surface area contributed by atoms with Gasteiger partial charge in [-0.3, -0.25) is 4.79 Å². The second-order valence-electron chi connectivity index (χ2n) is 4.38. The molecular weight excluding hydrogens is 252 g/mol. The van der Waals surface area contributed by atoms with E-state index < -0.39 is 0 Å². The number of thiol groups is 1. The van der Waals surface area contributed by atoms with E-state index in [1.807, 2.05) is 48.5 Å². The molecule has 1 nitrogen and oxygen atoms in total. The molecule has 0 aliphatic carbocycles. The van der Waals surface area contributed by atoms with Crippen molar-refractivity contribution in [1.29, 1.82) is 0 Å².